The second-order valence-electron chi connectivity index (χ2n) is 6.84. The Hall–Kier alpha value is -1.80. The van der Waals surface area contributed by atoms with Gasteiger partial charge in [-0.1, -0.05) is 44.2 Å². The number of carbonyl (C=O) groups excluding carboxylic acids is 1. The van der Waals surface area contributed by atoms with Crippen LogP contribution in [0.1, 0.15) is 32.9 Å². The van der Waals surface area contributed by atoms with Gasteiger partial charge in [0.2, 0.25) is 0 Å². The van der Waals surface area contributed by atoms with E-state index in [1.54, 1.807) is 6.92 Å². The van der Waals surface area contributed by atoms with Gasteiger partial charge in [0.1, 0.15) is 11.0 Å². The normalized spacial score (nSPS) is 13.7. The van der Waals surface area contributed by atoms with Crippen molar-refractivity contribution in [2.75, 3.05) is 6.61 Å². The van der Waals surface area contributed by atoms with Gasteiger partial charge in [0, 0.05) is 17.4 Å². The van der Waals surface area contributed by atoms with Crippen molar-refractivity contribution in [3.05, 3.63) is 41.4 Å². The Morgan fingerprint density at radius 1 is 1.26 bits per heavy atom. The first-order valence-electron chi connectivity index (χ1n) is 9.19. The number of nitrogens with one attached hydrogen (secondary N) is 1. The lowest BCUT2D eigenvalue weighted by Gasteiger charge is -2.26. The van der Waals surface area contributed by atoms with Crippen molar-refractivity contribution in [3.8, 4) is 10.6 Å². The Balaban J connectivity index is 2.10. The molecule has 0 radical (unpaired) electrons. The van der Waals surface area contributed by atoms with Gasteiger partial charge in [-0.2, -0.15) is 0 Å². The van der Waals surface area contributed by atoms with Crippen LogP contribution in [-0.2, 0) is 16.0 Å². The van der Waals surface area contributed by atoms with Crippen molar-refractivity contribution in [2.24, 2.45) is 5.92 Å². The minimum absolute atomic E-state index is 0.257. The zero-order valence-corrected chi connectivity index (χ0v) is 16.8. The molecule has 0 aliphatic rings. The zero-order valence-electron chi connectivity index (χ0n) is 16.0. The molecule has 6 nitrogen and oxygen atoms in total. The Kier molecular flexibility index (Phi) is 8.37. The number of hydrogen-bond donors (Lipinski definition) is 3. The largest absolute Gasteiger partial charge is 0.465 e. The summed E-state index contributed by atoms with van der Waals surface area (Å²) in [5.41, 5.74) is 1.77. The van der Waals surface area contributed by atoms with Gasteiger partial charge in [-0.15, -0.1) is 11.3 Å². The molecule has 148 valence electrons. The average Bonchev–Trinajstić information content (AvgIpc) is 3.09. The predicted octanol–water partition coefficient (Wildman–Crippen LogP) is 2.60. The van der Waals surface area contributed by atoms with Crippen molar-refractivity contribution in [3.63, 3.8) is 0 Å². The van der Waals surface area contributed by atoms with E-state index in [-0.39, 0.29) is 18.5 Å². The van der Waals surface area contributed by atoms with E-state index in [9.17, 15) is 15.0 Å². The van der Waals surface area contributed by atoms with Crippen LogP contribution in [0.15, 0.2) is 35.7 Å². The van der Waals surface area contributed by atoms with Crippen LogP contribution >= 0.6 is 11.3 Å². The lowest BCUT2D eigenvalue weighted by molar-refractivity contribution is -0.147. The van der Waals surface area contributed by atoms with Gasteiger partial charge in [0.05, 0.1) is 18.3 Å². The van der Waals surface area contributed by atoms with Crippen molar-refractivity contribution in [1.82, 2.24) is 10.3 Å². The summed E-state index contributed by atoms with van der Waals surface area (Å²) in [5.74, 6) is -0.118. The second-order valence-corrected chi connectivity index (χ2v) is 7.69. The van der Waals surface area contributed by atoms with Crippen LogP contribution < -0.4 is 5.32 Å². The van der Waals surface area contributed by atoms with Gasteiger partial charge in [0.25, 0.3) is 0 Å². The highest BCUT2D eigenvalue weighted by Crippen LogP contribution is 2.24. The third-order valence-electron chi connectivity index (χ3n) is 4.05. The summed E-state index contributed by atoms with van der Waals surface area (Å²) in [4.78, 5) is 16.8. The monoisotopic (exact) mass is 392 g/mol. The van der Waals surface area contributed by atoms with Crippen LogP contribution in [0.5, 0.6) is 0 Å². The van der Waals surface area contributed by atoms with E-state index in [0.29, 0.717) is 12.8 Å². The summed E-state index contributed by atoms with van der Waals surface area (Å²) < 4.78 is 5.12. The molecule has 0 saturated carbocycles. The molecule has 0 aliphatic heterocycles. The molecule has 0 amide bonds. The molecule has 2 unspecified atom stereocenters. The minimum Gasteiger partial charge on any atom is -0.465 e. The minimum atomic E-state index is -1.61. The van der Waals surface area contributed by atoms with E-state index in [1.165, 1.54) is 11.3 Å². The van der Waals surface area contributed by atoms with Gasteiger partial charge >= 0.3 is 5.97 Å². The molecule has 0 aliphatic carbocycles. The Morgan fingerprint density at radius 2 is 1.96 bits per heavy atom. The van der Waals surface area contributed by atoms with E-state index in [0.717, 1.165) is 16.3 Å². The Labute approximate surface area is 164 Å². The van der Waals surface area contributed by atoms with E-state index >= 15 is 0 Å². The quantitative estimate of drug-likeness (QED) is 0.425. The Morgan fingerprint density at radius 3 is 2.56 bits per heavy atom. The SMILES string of the molecule is CCOC(=O)C(CC(C)C)NC(Cc1csc(-c2ccccc2)n1)C(O)O. The van der Waals surface area contributed by atoms with Crippen molar-refractivity contribution in [1.29, 1.82) is 0 Å². The zero-order chi connectivity index (χ0) is 19.8. The molecule has 27 heavy (non-hydrogen) atoms. The van der Waals surface area contributed by atoms with Gasteiger partial charge in [0.15, 0.2) is 6.29 Å². The maximum Gasteiger partial charge on any atom is 0.323 e. The highest BCUT2D eigenvalue weighted by atomic mass is 32.1. The summed E-state index contributed by atoms with van der Waals surface area (Å²) in [6.45, 7) is 6.05. The van der Waals surface area contributed by atoms with E-state index in [2.05, 4.69) is 10.3 Å². The fourth-order valence-electron chi connectivity index (χ4n) is 2.79. The lowest BCUT2D eigenvalue weighted by Crippen LogP contribution is -2.51. The van der Waals surface area contributed by atoms with Gasteiger partial charge in [-0.25, -0.2) is 4.98 Å². The number of aliphatic hydroxyl groups is 2. The maximum absolute atomic E-state index is 12.2. The predicted molar refractivity (Wildman–Crippen MR) is 106 cm³/mol. The van der Waals surface area contributed by atoms with Crippen molar-refractivity contribution in [2.45, 2.75) is 52.0 Å². The van der Waals surface area contributed by atoms with Crippen LogP contribution in [-0.4, -0.2) is 46.1 Å². The first-order valence-corrected chi connectivity index (χ1v) is 10.1. The van der Waals surface area contributed by atoms with Gasteiger partial charge < -0.3 is 14.9 Å². The topological polar surface area (TPSA) is 91.7 Å². The van der Waals surface area contributed by atoms with Crippen LogP contribution in [0.25, 0.3) is 10.6 Å². The van der Waals surface area contributed by atoms with Gasteiger partial charge in [-0.05, 0) is 19.3 Å². The van der Waals surface area contributed by atoms with Crippen LogP contribution in [0.2, 0.25) is 0 Å². The molecular weight excluding hydrogens is 364 g/mol. The smallest absolute Gasteiger partial charge is 0.323 e. The second kappa shape index (κ2) is 10.5. The first kappa shape index (κ1) is 21.5. The fourth-order valence-corrected chi connectivity index (χ4v) is 3.63. The summed E-state index contributed by atoms with van der Waals surface area (Å²) in [6.07, 6.45) is -0.764. The molecule has 3 N–H and O–H groups in total. The highest BCUT2D eigenvalue weighted by Gasteiger charge is 2.28. The third kappa shape index (κ3) is 6.70. The molecule has 0 saturated heterocycles. The van der Waals surface area contributed by atoms with Crippen molar-refractivity contribution < 1.29 is 19.7 Å². The molecule has 0 bridgehead atoms. The molecular formula is C20H28N2O4S. The van der Waals surface area contributed by atoms with Crippen molar-refractivity contribution >= 4 is 17.3 Å². The molecule has 0 fully saturated rings. The number of esters is 1. The summed E-state index contributed by atoms with van der Waals surface area (Å²) in [7, 11) is 0. The van der Waals surface area contributed by atoms with Gasteiger partial charge in [-0.3, -0.25) is 10.1 Å². The van der Waals surface area contributed by atoms with E-state index in [1.807, 2.05) is 49.6 Å². The Bertz CT molecular complexity index is 703. The van der Waals surface area contributed by atoms with E-state index < -0.39 is 18.4 Å². The number of carbonyl (C=O) groups is 1. The van der Waals surface area contributed by atoms with Crippen LogP contribution in [0.3, 0.4) is 0 Å². The molecule has 2 aromatic rings. The molecule has 7 heteroatoms. The molecule has 2 rings (SSSR count). The molecule has 1 aromatic heterocycles. The summed E-state index contributed by atoms with van der Waals surface area (Å²) in [6, 6.07) is 8.51. The summed E-state index contributed by atoms with van der Waals surface area (Å²) in [5, 5.41) is 25.5. The lowest BCUT2D eigenvalue weighted by atomic mass is 10.0. The number of rotatable bonds is 10. The third-order valence-corrected chi connectivity index (χ3v) is 5.00. The number of aliphatic hydroxyl groups excluding tert-OH is 1. The molecule has 2 atom stereocenters. The first-order chi connectivity index (χ1) is 12.9. The van der Waals surface area contributed by atoms with Crippen LogP contribution in [0.4, 0.5) is 0 Å². The molecule has 1 aromatic carbocycles. The number of hydrogen-bond acceptors (Lipinski definition) is 7. The highest BCUT2D eigenvalue weighted by molar-refractivity contribution is 7.13. The number of thiazole rings is 1. The maximum atomic E-state index is 12.2. The van der Waals surface area contributed by atoms with Crippen LogP contribution in [0, 0.1) is 5.92 Å². The fraction of sp³-hybridized carbons (Fsp3) is 0.500. The standard InChI is InChI=1S/C20H28N2O4S/c1-4-26-20(25)17(10-13(2)3)22-16(19(23)24)11-15-12-27-18(21-15)14-8-6-5-7-9-14/h5-9,12-13,16-17,19,22-24H,4,10-11H2,1-3H3. The number of ether oxygens (including phenoxy) is 1. The average molecular weight is 393 g/mol. The number of benzene rings is 1. The number of aromatic nitrogens is 1. The molecule has 1 heterocycles. The number of nitrogens with zero attached hydrogens (tertiary/aromatic N) is 1. The van der Waals surface area contributed by atoms with E-state index in [4.69, 9.17) is 4.74 Å². The summed E-state index contributed by atoms with van der Waals surface area (Å²) >= 11 is 1.51. The molecule has 0 spiro atoms.